The van der Waals surface area contributed by atoms with Gasteiger partial charge in [-0.25, -0.2) is 9.97 Å². The fourth-order valence-corrected chi connectivity index (χ4v) is 1.78. The molecule has 0 aliphatic heterocycles. The summed E-state index contributed by atoms with van der Waals surface area (Å²) in [7, 11) is 0. The number of rotatable bonds is 11. The summed E-state index contributed by atoms with van der Waals surface area (Å²) in [5.41, 5.74) is 0. The Hall–Kier alpha value is -1.40. The minimum Gasteiger partial charge on any atom is -0.380 e. The molecular formula is C14H26N4O2. The Balaban J connectivity index is 2.65. The molecule has 1 rings (SSSR count). The average molecular weight is 282 g/mol. The molecule has 0 aliphatic carbocycles. The van der Waals surface area contributed by atoms with Crippen molar-refractivity contribution in [2.45, 2.75) is 20.8 Å². The molecule has 1 N–H and O–H groups in total. The van der Waals surface area contributed by atoms with E-state index in [4.69, 9.17) is 9.47 Å². The molecule has 0 fully saturated rings. The average Bonchev–Trinajstić information content (AvgIpc) is 2.47. The number of aromatic nitrogens is 2. The summed E-state index contributed by atoms with van der Waals surface area (Å²) in [6.45, 7) is 11.3. The van der Waals surface area contributed by atoms with Gasteiger partial charge in [-0.15, -0.1) is 0 Å². The van der Waals surface area contributed by atoms with Crippen LogP contribution in [0.3, 0.4) is 0 Å². The summed E-state index contributed by atoms with van der Waals surface area (Å²) in [4.78, 5) is 10.7. The third-order valence-corrected chi connectivity index (χ3v) is 2.75. The highest BCUT2D eigenvalue weighted by molar-refractivity contribution is 5.48. The summed E-state index contributed by atoms with van der Waals surface area (Å²) in [5, 5.41) is 3.20. The van der Waals surface area contributed by atoms with Crippen LogP contribution in [0.1, 0.15) is 20.8 Å². The van der Waals surface area contributed by atoms with Gasteiger partial charge in [0.15, 0.2) is 0 Å². The molecule has 0 saturated carbocycles. The molecule has 0 radical (unpaired) electrons. The minimum atomic E-state index is 0.684. The molecule has 0 saturated heterocycles. The fourth-order valence-electron chi connectivity index (χ4n) is 1.78. The zero-order valence-electron chi connectivity index (χ0n) is 12.8. The lowest BCUT2D eigenvalue weighted by atomic mass is 10.4. The SMILES string of the molecule is CCNc1cc(N(CCOCC)CCOCC)ncn1. The Bertz CT molecular complexity index is 353. The number of hydrogen-bond acceptors (Lipinski definition) is 6. The normalized spacial score (nSPS) is 10.6. The van der Waals surface area contributed by atoms with E-state index in [0.717, 1.165) is 44.5 Å². The van der Waals surface area contributed by atoms with Crippen molar-refractivity contribution in [3.05, 3.63) is 12.4 Å². The van der Waals surface area contributed by atoms with Crippen LogP contribution in [0.15, 0.2) is 12.4 Å². The maximum Gasteiger partial charge on any atom is 0.134 e. The van der Waals surface area contributed by atoms with Gasteiger partial charge >= 0.3 is 0 Å². The monoisotopic (exact) mass is 282 g/mol. The molecule has 0 bridgehead atoms. The number of nitrogens with zero attached hydrogens (tertiary/aromatic N) is 3. The second-order valence-electron chi connectivity index (χ2n) is 4.17. The standard InChI is InChI=1S/C14H26N4O2/c1-4-15-13-11-14(17-12-16-13)18(7-9-19-5-2)8-10-20-6-3/h11-12H,4-10H2,1-3H3,(H,15,16,17). The smallest absolute Gasteiger partial charge is 0.134 e. The molecule has 114 valence electrons. The predicted octanol–water partition coefficient (Wildman–Crippen LogP) is 1.79. The zero-order valence-corrected chi connectivity index (χ0v) is 12.8. The lowest BCUT2D eigenvalue weighted by Gasteiger charge is -2.23. The van der Waals surface area contributed by atoms with E-state index in [1.54, 1.807) is 6.33 Å². The quantitative estimate of drug-likeness (QED) is 0.624. The topological polar surface area (TPSA) is 59.5 Å². The van der Waals surface area contributed by atoms with Gasteiger partial charge in [0.05, 0.1) is 13.2 Å². The highest BCUT2D eigenvalue weighted by Crippen LogP contribution is 2.13. The van der Waals surface area contributed by atoms with Crippen LogP contribution in [0, 0.1) is 0 Å². The molecule has 0 aromatic carbocycles. The van der Waals surface area contributed by atoms with Crippen LogP contribution in [-0.4, -0.2) is 56.0 Å². The molecule has 0 amide bonds. The summed E-state index contributed by atoms with van der Waals surface area (Å²) < 4.78 is 10.9. The second kappa shape index (κ2) is 10.4. The van der Waals surface area contributed by atoms with Crippen molar-refractivity contribution >= 4 is 11.6 Å². The van der Waals surface area contributed by atoms with Crippen molar-refractivity contribution in [3.8, 4) is 0 Å². The van der Waals surface area contributed by atoms with Crippen LogP contribution in [0.25, 0.3) is 0 Å². The summed E-state index contributed by atoms with van der Waals surface area (Å²) in [6.07, 6.45) is 1.59. The van der Waals surface area contributed by atoms with Crippen molar-refractivity contribution in [2.24, 2.45) is 0 Å². The van der Waals surface area contributed by atoms with Gasteiger partial charge in [-0.05, 0) is 20.8 Å². The fraction of sp³-hybridized carbons (Fsp3) is 0.714. The van der Waals surface area contributed by atoms with Crippen molar-refractivity contribution in [2.75, 3.05) is 56.3 Å². The Morgan fingerprint density at radius 1 is 1.05 bits per heavy atom. The molecule has 1 heterocycles. The van der Waals surface area contributed by atoms with Crippen LogP contribution in [0.2, 0.25) is 0 Å². The van der Waals surface area contributed by atoms with Crippen LogP contribution >= 0.6 is 0 Å². The van der Waals surface area contributed by atoms with E-state index in [-0.39, 0.29) is 0 Å². The van der Waals surface area contributed by atoms with E-state index in [1.165, 1.54) is 0 Å². The van der Waals surface area contributed by atoms with E-state index >= 15 is 0 Å². The van der Waals surface area contributed by atoms with Crippen molar-refractivity contribution in [1.29, 1.82) is 0 Å². The third kappa shape index (κ3) is 6.16. The van der Waals surface area contributed by atoms with Crippen molar-refractivity contribution in [1.82, 2.24) is 9.97 Å². The molecule has 0 spiro atoms. The lowest BCUT2D eigenvalue weighted by Crippen LogP contribution is -2.32. The van der Waals surface area contributed by atoms with Crippen molar-refractivity contribution < 1.29 is 9.47 Å². The maximum atomic E-state index is 5.43. The van der Waals surface area contributed by atoms with E-state index in [9.17, 15) is 0 Å². The molecular weight excluding hydrogens is 256 g/mol. The van der Waals surface area contributed by atoms with Gasteiger partial charge in [-0.2, -0.15) is 0 Å². The van der Waals surface area contributed by atoms with Gasteiger partial charge < -0.3 is 19.7 Å². The highest BCUT2D eigenvalue weighted by Gasteiger charge is 2.09. The molecule has 1 aromatic rings. The maximum absolute atomic E-state index is 5.43. The molecule has 0 unspecified atom stereocenters. The van der Waals surface area contributed by atoms with Gasteiger partial charge in [0.25, 0.3) is 0 Å². The Kier molecular flexibility index (Phi) is 8.66. The van der Waals surface area contributed by atoms with Gasteiger partial charge in [0.2, 0.25) is 0 Å². The first kappa shape index (κ1) is 16.7. The molecule has 6 heteroatoms. The van der Waals surface area contributed by atoms with E-state index < -0.39 is 0 Å². The Morgan fingerprint density at radius 2 is 1.70 bits per heavy atom. The summed E-state index contributed by atoms with van der Waals surface area (Å²) >= 11 is 0. The molecule has 1 aromatic heterocycles. The van der Waals surface area contributed by atoms with Crippen LogP contribution < -0.4 is 10.2 Å². The van der Waals surface area contributed by atoms with E-state index in [0.29, 0.717) is 13.2 Å². The number of nitrogens with one attached hydrogen (secondary N) is 1. The molecule has 0 atom stereocenters. The molecule has 20 heavy (non-hydrogen) atoms. The van der Waals surface area contributed by atoms with Crippen LogP contribution in [-0.2, 0) is 9.47 Å². The predicted molar refractivity (Wildman–Crippen MR) is 81.4 cm³/mol. The van der Waals surface area contributed by atoms with Gasteiger partial charge in [-0.1, -0.05) is 0 Å². The third-order valence-electron chi connectivity index (χ3n) is 2.75. The first-order chi connectivity index (χ1) is 9.81. The molecule has 0 aliphatic rings. The zero-order chi connectivity index (χ0) is 14.6. The van der Waals surface area contributed by atoms with Gasteiger partial charge in [-0.3, -0.25) is 0 Å². The van der Waals surface area contributed by atoms with Crippen LogP contribution in [0.4, 0.5) is 11.6 Å². The Labute approximate surface area is 121 Å². The molecule has 6 nitrogen and oxygen atoms in total. The number of ether oxygens (including phenoxy) is 2. The van der Waals surface area contributed by atoms with Gasteiger partial charge in [0, 0.05) is 38.9 Å². The summed E-state index contributed by atoms with van der Waals surface area (Å²) in [6, 6.07) is 1.96. The van der Waals surface area contributed by atoms with Gasteiger partial charge in [0.1, 0.15) is 18.0 Å². The second-order valence-corrected chi connectivity index (χ2v) is 4.17. The lowest BCUT2D eigenvalue weighted by molar-refractivity contribution is 0.141. The van der Waals surface area contributed by atoms with E-state index in [1.807, 2.05) is 26.8 Å². The Morgan fingerprint density at radius 3 is 2.25 bits per heavy atom. The first-order valence-electron chi connectivity index (χ1n) is 7.28. The summed E-state index contributed by atoms with van der Waals surface area (Å²) in [5.74, 6) is 1.74. The van der Waals surface area contributed by atoms with E-state index in [2.05, 4.69) is 20.2 Å². The number of hydrogen-bond donors (Lipinski definition) is 1. The largest absolute Gasteiger partial charge is 0.380 e. The first-order valence-corrected chi connectivity index (χ1v) is 7.28. The minimum absolute atomic E-state index is 0.684. The number of anilines is 2. The van der Waals surface area contributed by atoms with Crippen molar-refractivity contribution in [3.63, 3.8) is 0 Å². The van der Waals surface area contributed by atoms with Crippen LogP contribution in [0.5, 0.6) is 0 Å². The highest BCUT2D eigenvalue weighted by atomic mass is 16.5.